The molecule has 1 aliphatic rings. The Bertz CT molecular complexity index is 1210. The monoisotopic (exact) mass is 486 g/mol. The minimum Gasteiger partial charge on any atom is -0.348 e. The number of ketones is 1. The third-order valence-electron chi connectivity index (χ3n) is 7.42. The summed E-state index contributed by atoms with van der Waals surface area (Å²) >= 11 is 0. The van der Waals surface area contributed by atoms with Gasteiger partial charge in [0, 0.05) is 55.4 Å². The van der Waals surface area contributed by atoms with Crippen LogP contribution in [0.3, 0.4) is 0 Å². The van der Waals surface area contributed by atoms with Gasteiger partial charge in [-0.05, 0) is 62.9 Å². The Hall–Kier alpha value is -3.22. The average Bonchev–Trinajstić information content (AvgIpc) is 3.15. The number of Topliss-reactive ketones (excluding diaryl/α,β-unsaturated/α-hetero) is 1. The van der Waals surface area contributed by atoms with E-state index in [2.05, 4.69) is 57.8 Å². The molecule has 4 rings (SSSR count). The number of rotatable bonds is 9. The maximum Gasteiger partial charge on any atom is 0.238 e. The topological polar surface area (TPSA) is 57.6 Å². The second-order valence-electron chi connectivity index (χ2n) is 9.94. The highest BCUT2D eigenvalue weighted by molar-refractivity contribution is 5.99. The number of nitrogens with one attached hydrogen (secondary N) is 1. The SMILES string of the molecule is Cc1cccc(NC(=O)CN2CCN(CC(=O)c3cc(C)n(CCc4ccccc4)c3C)CC2)c1C. The molecule has 6 nitrogen and oxygen atoms in total. The summed E-state index contributed by atoms with van der Waals surface area (Å²) in [4.78, 5) is 30.1. The maximum atomic E-state index is 13.2. The van der Waals surface area contributed by atoms with Crippen molar-refractivity contribution < 1.29 is 9.59 Å². The zero-order valence-electron chi connectivity index (χ0n) is 22.0. The molecular weight excluding hydrogens is 448 g/mol. The van der Waals surface area contributed by atoms with E-state index in [-0.39, 0.29) is 11.7 Å². The molecule has 2 heterocycles. The van der Waals surface area contributed by atoms with Gasteiger partial charge in [0.1, 0.15) is 0 Å². The average molecular weight is 487 g/mol. The Balaban J connectivity index is 1.26. The zero-order chi connectivity index (χ0) is 25.7. The van der Waals surface area contributed by atoms with Gasteiger partial charge in [0.15, 0.2) is 5.78 Å². The third kappa shape index (κ3) is 6.31. The van der Waals surface area contributed by atoms with Crippen LogP contribution in [-0.4, -0.2) is 65.3 Å². The summed E-state index contributed by atoms with van der Waals surface area (Å²) in [5.74, 6) is 0.186. The number of nitrogens with zero attached hydrogens (tertiary/aromatic N) is 3. The maximum absolute atomic E-state index is 13.2. The van der Waals surface area contributed by atoms with Crippen LogP contribution in [-0.2, 0) is 17.8 Å². The number of carbonyl (C=O) groups is 2. The van der Waals surface area contributed by atoms with E-state index in [0.717, 1.165) is 67.3 Å². The first-order valence-electron chi connectivity index (χ1n) is 12.9. The van der Waals surface area contributed by atoms with Gasteiger partial charge in [-0.1, -0.05) is 42.5 Å². The van der Waals surface area contributed by atoms with Crippen LogP contribution in [0.2, 0.25) is 0 Å². The van der Waals surface area contributed by atoms with Crippen LogP contribution in [0.15, 0.2) is 54.6 Å². The van der Waals surface area contributed by atoms with E-state index in [0.29, 0.717) is 13.1 Å². The van der Waals surface area contributed by atoms with Gasteiger partial charge >= 0.3 is 0 Å². The first kappa shape index (κ1) is 25.9. The van der Waals surface area contributed by atoms with Gasteiger partial charge in [0.05, 0.1) is 13.1 Å². The molecule has 1 fully saturated rings. The van der Waals surface area contributed by atoms with Gasteiger partial charge in [-0.25, -0.2) is 0 Å². The van der Waals surface area contributed by atoms with Crippen molar-refractivity contribution in [1.29, 1.82) is 0 Å². The molecule has 190 valence electrons. The molecule has 0 saturated carbocycles. The molecule has 2 aromatic carbocycles. The van der Waals surface area contributed by atoms with Crippen molar-refractivity contribution in [2.24, 2.45) is 0 Å². The van der Waals surface area contributed by atoms with E-state index in [1.807, 2.05) is 44.2 Å². The lowest BCUT2D eigenvalue weighted by atomic mass is 10.1. The van der Waals surface area contributed by atoms with E-state index in [9.17, 15) is 9.59 Å². The molecule has 0 spiro atoms. The van der Waals surface area contributed by atoms with Crippen LogP contribution in [0.4, 0.5) is 5.69 Å². The minimum absolute atomic E-state index is 0.0103. The van der Waals surface area contributed by atoms with Crippen LogP contribution < -0.4 is 5.32 Å². The van der Waals surface area contributed by atoms with E-state index < -0.39 is 0 Å². The van der Waals surface area contributed by atoms with Crippen LogP contribution in [0.25, 0.3) is 0 Å². The lowest BCUT2D eigenvalue weighted by Gasteiger charge is -2.33. The third-order valence-corrected chi connectivity index (χ3v) is 7.42. The Morgan fingerprint density at radius 3 is 2.19 bits per heavy atom. The molecule has 0 aliphatic carbocycles. The minimum atomic E-state index is 0.0103. The molecule has 0 radical (unpaired) electrons. The summed E-state index contributed by atoms with van der Waals surface area (Å²) < 4.78 is 2.26. The van der Waals surface area contributed by atoms with Gasteiger partial charge in [-0.2, -0.15) is 0 Å². The number of hydrogen-bond donors (Lipinski definition) is 1. The fraction of sp³-hybridized carbons (Fsp3) is 0.400. The number of piperazine rings is 1. The first-order chi connectivity index (χ1) is 17.3. The lowest BCUT2D eigenvalue weighted by Crippen LogP contribution is -2.49. The highest BCUT2D eigenvalue weighted by Crippen LogP contribution is 2.19. The van der Waals surface area contributed by atoms with Crippen LogP contribution in [0.1, 0.15) is 38.4 Å². The summed E-state index contributed by atoms with van der Waals surface area (Å²) in [6.45, 7) is 13.0. The molecule has 1 N–H and O–H groups in total. The molecule has 0 bridgehead atoms. The van der Waals surface area contributed by atoms with Crippen molar-refractivity contribution in [2.45, 2.75) is 40.7 Å². The number of aromatic nitrogens is 1. The van der Waals surface area contributed by atoms with E-state index in [1.54, 1.807) is 0 Å². The highest BCUT2D eigenvalue weighted by atomic mass is 16.2. The fourth-order valence-corrected chi connectivity index (χ4v) is 4.99. The molecule has 3 aromatic rings. The number of carbonyl (C=O) groups excluding carboxylic acids is 2. The standard InChI is InChI=1S/C30H38N4O2/c1-22-9-8-12-28(24(22)3)31-30(36)21-33-17-15-32(16-18-33)20-29(35)27-19-23(2)34(25(27)4)14-13-26-10-6-5-7-11-26/h5-12,19H,13-18,20-21H2,1-4H3,(H,31,36). The largest absolute Gasteiger partial charge is 0.348 e. The molecule has 1 aromatic heterocycles. The van der Waals surface area contributed by atoms with Crippen molar-refractivity contribution in [2.75, 3.05) is 44.6 Å². The number of aryl methyl sites for hydroxylation is 3. The Morgan fingerprint density at radius 2 is 1.50 bits per heavy atom. The van der Waals surface area contributed by atoms with E-state index in [1.165, 1.54) is 11.1 Å². The van der Waals surface area contributed by atoms with Crippen LogP contribution in [0.5, 0.6) is 0 Å². The second-order valence-corrected chi connectivity index (χ2v) is 9.94. The van der Waals surface area contributed by atoms with Crippen LogP contribution in [0, 0.1) is 27.7 Å². The van der Waals surface area contributed by atoms with Crippen molar-refractivity contribution >= 4 is 17.4 Å². The molecule has 1 amide bonds. The van der Waals surface area contributed by atoms with Gasteiger partial charge in [-0.3, -0.25) is 19.4 Å². The molecule has 36 heavy (non-hydrogen) atoms. The molecule has 6 heteroatoms. The van der Waals surface area contributed by atoms with Crippen molar-refractivity contribution in [3.8, 4) is 0 Å². The predicted octanol–water partition coefficient (Wildman–Crippen LogP) is 4.40. The highest BCUT2D eigenvalue weighted by Gasteiger charge is 2.23. The quantitative estimate of drug-likeness (QED) is 0.456. The molecule has 0 unspecified atom stereocenters. The second kappa shape index (κ2) is 11.7. The summed E-state index contributed by atoms with van der Waals surface area (Å²) in [5.41, 5.74) is 7.47. The number of benzene rings is 2. The first-order valence-corrected chi connectivity index (χ1v) is 12.9. The molecular formula is C30H38N4O2. The van der Waals surface area contributed by atoms with E-state index in [4.69, 9.17) is 0 Å². The number of anilines is 1. The Labute approximate surface area is 214 Å². The van der Waals surface area contributed by atoms with Gasteiger partial charge < -0.3 is 9.88 Å². The van der Waals surface area contributed by atoms with Gasteiger partial charge in [0.25, 0.3) is 0 Å². The van der Waals surface area contributed by atoms with Gasteiger partial charge in [0.2, 0.25) is 5.91 Å². The zero-order valence-corrected chi connectivity index (χ0v) is 22.0. The predicted molar refractivity (Wildman–Crippen MR) is 146 cm³/mol. The number of hydrogen-bond acceptors (Lipinski definition) is 4. The summed E-state index contributed by atoms with van der Waals surface area (Å²) in [6.07, 6.45) is 0.948. The molecule has 1 saturated heterocycles. The fourth-order valence-electron chi connectivity index (χ4n) is 4.99. The smallest absolute Gasteiger partial charge is 0.238 e. The molecule has 0 atom stereocenters. The van der Waals surface area contributed by atoms with Crippen molar-refractivity contribution in [3.63, 3.8) is 0 Å². The summed E-state index contributed by atoms with van der Waals surface area (Å²) in [6, 6.07) is 18.5. The molecule has 1 aliphatic heterocycles. The van der Waals surface area contributed by atoms with Crippen LogP contribution >= 0.6 is 0 Å². The van der Waals surface area contributed by atoms with E-state index >= 15 is 0 Å². The lowest BCUT2D eigenvalue weighted by molar-refractivity contribution is -0.117. The van der Waals surface area contributed by atoms with Crippen molar-refractivity contribution in [1.82, 2.24) is 14.4 Å². The number of amides is 1. The Kier molecular flexibility index (Phi) is 8.39. The Morgan fingerprint density at radius 1 is 0.833 bits per heavy atom. The van der Waals surface area contributed by atoms with Gasteiger partial charge in [-0.15, -0.1) is 0 Å². The summed E-state index contributed by atoms with van der Waals surface area (Å²) in [5, 5.41) is 3.05. The summed E-state index contributed by atoms with van der Waals surface area (Å²) in [7, 11) is 0. The normalized spacial score (nSPS) is 14.7. The van der Waals surface area contributed by atoms with Crippen molar-refractivity contribution in [3.05, 3.63) is 88.2 Å².